The monoisotopic (exact) mass is 289 g/mol. The topological polar surface area (TPSA) is 21.3 Å². The van der Waals surface area contributed by atoms with E-state index in [1.165, 1.54) is 5.56 Å². The molecule has 21 heavy (non-hydrogen) atoms. The van der Waals surface area contributed by atoms with E-state index in [4.69, 9.17) is 4.74 Å². The Bertz CT molecular complexity index is 430. The molecule has 4 atom stereocenters. The molecule has 0 amide bonds. The van der Waals surface area contributed by atoms with Crippen molar-refractivity contribution in [2.45, 2.75) is 65.6 Å². The number of hydrogen-bond donors (Lipinski definition) is 1. The molecule has 2 rings (SSSR count). The Kier molecular flexibility index (Phi) is 5.45. The van der Waals surface area contributed by atoms with E-state index < -0.39 is 0 Å². The van der Waals surface area contributed by atoms with Crippen molar-refractivity contribution in [1.29, 1.82) is 0 Å². The summed E-state index contributed by atoms with van der Waals surface area (Å²) in [7, 11) is 0. The molecule has 0 radical (unpaired) electrons. The zero-order valence-electron chi connectivity index (χ0n) is 14.2. The number of rotatable bonds is 7. The van der Waals surface area contributed by atoms with Crippen LogP contribution in [-0.4, -0.2) is 18.8 Å². The largest absolute Gasteiger partial charge is 0.378 e. The lowest BCUT2D eigenvalue weighted by Gasteiger charge is -2.55. The number of hydrogen-bond acceptors (Lipinski definition) is 2. The Balaban J connectivity index is 2.09. The molecule has 0 aromatic heterocycles. The van der Waals surface area contributed by atoms with Crippen molar-refractivity contribution in [3.8, 4) is 0 Å². The minimum atomic E-state index is 0.262. The second kappa shape index (κ2) is 6.93. The van der Waals surface area contributed by atoms with Crippen LogP contribution in [0.4, 0.5) is 0 Å². The summed E-state index contributed by atoms with van der Waals surface area (Å²) in [6.45, 7) is 12.2. The van der Waals surface area contributed by atoms with Crippen LogP contribution in [-0.2, 0) is 4.74 Å². The highest BCUT2D eigenvalue weighted by Crippen LogP contribution is 2.47. The first-order valence-electron chi connectivity index (χ1n) is 8.45. The molecule has 1 N–H and O–H groups in total. The quantitative estimate of drug-likeness (QED) is 0.794. The van der Waals surface area contributed by atoms with Gasteiger partial charge in [0, 0.05) is 24.1 Å². The van der Waals surface area contributed by atoms with Crippen LogP contribution in [0, 0.1) is 11.3 Å². The Labute approximate surface area is 130 Å². The first kappa shape index (κ1) is 16.5. The first-order valence-corrected chi connectivity index (χ1v) is 8.45. The maximum Gasteiger partial charge on any atom is 0.0658 e. The molecule has 0 saturated heterocycles. The molecular weight excluding hydrogens is 258 g/mol. The third kappa shape index (κ3) is 3.32. The van der Waals surface area contributed by atoms with Crippen molar-refractivity contribution >= 4 is 0 Å². The molecule has 118 valence electrons. The van der Waals surface area contributed by atoms with Crippen molar-refractivity contribution in [2.24, 2.45) is 11.3 Å². The van der Waals surface area contributed by atoms with Gasteiger partial charge in [-0.25, -0.2) is 0 Å². The van der Waals surface area contributed by atoms with Gasteiger partial charge in [-0.2, -0.15) is 0 Å². The van der Waals surface area contributed by atoms with Gasteiger partial charge in [0.15, 0.2) is 0 Å². The Hall–Kier alpha value is -0.860. The lowest BCUT2D eigenvalue weighted by atomic mass is 9.61. The van der Waals surface area contributed by atoms with E-state index >= 15 is 0 Å². The summed E-state index contributed by atoms with van der Waals surface area (Å²) in [5.74, 6) is 0.583. The smallest absolute Gasteiger partial charge is 0.0658 e. The maximum atomic E-state index is 5.92. The molecule has 1 aromatic carbocycles. The van der Waals surface area contributed by atoms with E-state index in [1.54, 1.807) is 0 Å². The van der Waals surface area contributed by atoms with Crippen LogP contribution in [0.2, 0.25) is 0 Å². The summed E-state index contributed by atoms with van der Waals surface area (Å²) in [5, 5.41) is 3.92. The average molecular weight is 289 g/mol. The SMILES string of the molecule is CCOC1CC(NC(c2ccccc2)C(C)C)C1(C)CC. The summed E-state index contributed by atoms with van der Waals surface area (Å²) in [5.41, 5.74) is 1.66. The second-order valence-corrected chi connectivity index (χ2v) is 6.89. The second-order valence-electron chi connectivity index (χ2n) is 6.89. The van der Waals surface area contributed by atoms with E-state index in [1.807, 2.05) is 0 Å². The Morgan fingerprint density at radius 2 is 1.90 bits per heavy atom. The maximum absolute atomic E-state index is 5.92. The molecule has 2 heteroatoms. The molecule has 1 aliphatic rings. The fourth-order valence-corrected chi connectivity index (χ4v) is 3.56. The van der Waals surface area contributed by atoms with Gasteiger partial charge in [-0.05, 0) is 31.2 Å². The van der Waals surface area contributed by atoms with Crippen LogP contribution in [0.15, 0.2) is 30.3 Å². The number of nitrogens with one attached hydrogen (secondary N) is 1. The van der Waals surface area contributed by atoms with Crippen LogP contribution in [0.5, 0.6) is 0 Å². The van der Waals surface area contributed by atoms with Crippen molar-refractivity contribution in [2.75, 3.05) is 6.61 Å². The van der Waals surface area contributed by atoms with Gasteiger partial charge in [0.25, 0.3) is 0 Å². The number of ether oxygens (including phenoxy) is 1. The van der Waals surface area contributed by atoms with Crippen LogP contribution < -0.4 is 5.32 Å². The average Bonchev–Trinajstić information content (AvgIpc) is 2.49. The standard InChI is InChI=1S/C19H31NO/c1-6-19(5)16(13-17(19)21-7-2)20-18(14(3)4)15-11-9-8-10-12-15/h8-12,14,16-18,20H,6-7,13H2,1-5H3. The van der Waals surface area contributed by atoms with Crippen LogP contribution in [0.25, 0.3) is 0 Å². The molecule has 1 saturated carbocycles. The third-order valence-corrected chi connectivity index (χ3v) is 5.32. The molecule has 0 spiro atoms. The molecule has 0 aliphatic heterocycles. The summed E-state index contributed by atoms with van der Waals surface area (Å²) in [6, 6.07) is 11.8. The zero-order valence-corrected chi connectivity index (χ0v) is 14.2. The molecule has 1 aliphatic carbocycles. The minimum absolute atomic E-state index is 0.262. The molecule has 1 fully saturated rings. The molecule has 2 nitrogen and oxygen atoms in total. The van der Waals surface area contributed by atoms with Crippen molar-refractivity contribution in [1.82, 2.24) is 5.32 Å². The van der Waals surface area contributed by atoms with Crippen LogP contribution in [0.3, 0.4) is 0 Å². The van der Waals surface area contributed by atoms with Gasteiger partial charge in [0.1, 0.15) is 0 Å². The normalized spacial score (nSPS) is 30.2. The van der Waals surface area contributed by atoms with E-state index in [9.17, 15) is 0 Å². The first-order chi connectivity index (χ1) is 10.0. The van der Waals surface area contributed by atoms with Crippen LogP contribution in [0.1, 0.15) is 59.1 Å². The fraction of sp³-hybridized carbons (Fsp3) is 0.684. The highest BCUT2D eigenvalue weighted by atomic mass is 16.5. The zero-order chi connectivity index (χ0) is 15.5. The van der Waals surface area contributed by atoms with E-state index in [-0.39, 0.29) is 5.41 Å². The molecule has 1 aromatic rings. The Morgan fingerprint density at radius 1 is 1.24 bits per heavy atom. The van der Waals surface area contributed by atoms with Gasteiger partial charge in [-0.1, -0.05) is 58.0 Å². The summed E-state index contributed by atoms with van der Waals surface area (Å²) in [4.78, 5) is 0. The lowest BCUT2D eigenvalue weighted by Crippen LogP contribution is -2.63. The van der Waals surface area contributed by atoms with E-state index in [0.717, 1.165) is 19.4 Å². The lowest BCUT2D eigenvalue weighted by molar-refractivity contribution is -0.129. The summed E-state index contributed by atoms with van der Waals surface area (Å²) < 4.78 is 5.92. The van der Waals surface area contributed by atoms with E-state index in [2.05, 4.69) is 70.3 Å². The molecule has 0 bridgehead atoms. The predicted octanol–water partition coefficient (Wildman–Crippen LogP) is 4.57. The minimum Gasteiger partial charge on any atom is -0.378 e. The molecular formula is C19H31NO. The Morgan fingerprint density at radius 3 is 2.43 bits per heavy atom. The summed E-state index contributed by atoms with van der Waals surface area (Å²) >= 11 is 0. The van der Waals surface area contributed by atoms with Gasteiger partial charge < -0.3 is 10.1 Å². The van der Waals surface area contributed by atoms with Gasteiger partial charge in [-0.3, -0.25) is 0 Å². The molecule has 4 unspecified atom stereocenters. The van der Waals surface area contributed by atoms with Gasteiger partial charge in [-0.15, -0.1) is 0 Å². The predicted molar refractivity (Wildman–Crippen MR) is 89.4 cm³/mol. The van der Waals surface area contributed by atoms with E-state index in [0.29, 0.717) is 24.1 Å². The van der Waals surface area contributed by atoms with Crippen molar-refractivity contribution in [3.63, 3.8) is 0 Å². The summed E-state index contributed by atoms with van der Waals surface area (Å²) in [6.07, 6.45) is 2.71. The fourth-order valence-electron chi connectivity index (χ4n) is 3.56. The van der Waals surface area contributed by atoms with Crippen molar-refractivity contribution in [3.05, 3.63) is 35.9 Å². The highest BCUT2D eigenvalue weighted by molar-refractivity contribution is 5.20. The number of benzene rings is 1. The van der Waals surface area contributed by atoms with Gasteiger partial charge >= 0.3 is 0 Å². The third-order valence-electron chi connectivity index (χ3n) is 5.32. The van der Waals surface area contributed by atoms with Crippen LogP contribution >= 0.6 is 0 Å². The van der Waals surface area contributed by atoms with Gasteiger partial charge in [0.2, 0.25) is 0 Å². The van der Waals surface area contributed by atoms with Crippen molar-refractivity contribution < 1.29 is 4.74 Å². The molecule has 0 heterocycles. The highest BCUT2D eigenvalue weighted by Gasteiger charge is 2.51. The van der Waals surface area contributed by atoms with Gasteiger partial charge in [0.05, 0.1) is 6.10 Å².